The fraction of sp³-hybridized carbons (Fsp3) is 0.727. The molecule has 106 valence electrons. The predicted molar refractivity (Wildman–Crippen MR) is 60.1 cm³/mol. The molecule has 5 nitrogen and oxygen atoms in total. The van der Waals surface area contributed by atoms with E-state index in [1.165, 1.54) is 0 Å². The molecule has 2 heterocycles. The Morgan fingerprint density at radius 1 is 1.32 bits per heavy atom. The molecule has 0 aliphatic carbocycles. The van der Waals surface area contributed by atoms with Crippen molar-refractivity contribution in [3.05, 3.63) is 11.6 Å². The number of Topliss-reactive ketones (excluding diaryl/α,β-unsaturated/α-hetero) is 1. The Kier molecular flexibility index (Phi) is 3.62. The first-order valence-corrected chi connectivity index (χ1v) is 6.03. The van der Waals surface area contributed by atoms with Gasteiger partial charge in [0.25, 0.3) is 0 Å². The summed E-state index contributed by atoms with van der Waals surface area (Å²) in [5.41, 5.74) is 0. The van der Waals surface area contributed by atoms with Crippen molar-refractivity contribution in [1.29, 1.82) is 0 Å². The van der Waals surface area contributed by atoms with Crippen molar-refractivity contribution in [2.75, 3.05) is 13.1 Å². The molecule has 0 amide bonds. The standard InChI is InChI=1S/C11H15F3N4O/c1-7(2)8(19)5-17-3-4-18-9(6-17)15-16-10(18)11(12,13)14/h7H,3-6H2,1-2H3. The fourth-order valence-electron chi connectivity index (χ4n) is 1.96. The van der Waals surface area contributed by atoms with E-state index in [9.17, 15) is 18.0 Å². The van der Waals surface area contributed by atoms with E-state index in [2.05, 4.69) is 10.2 Å². The monoisotopic (exact) mass is 276 g/mol. The molecule has 0 unspecified atom stereocenters. The highest BCUT2D eigenvalue weighted by Gasteiger charge is 2.39. The van der Waals surface area contributed by atoms with Gasteiger partial charge in [0.1, 0.15) is 11.6 Å². The lowest BCUT2D eigenvalue weighted by molar-refractivity contribution is -0.148. The van der Waals surface area contributed by atoms with Gasteiger partial charge in [-0.1, -0.05) is 13.8 Å². The molecule has 0 radical (unpaired) electrons. The minimum atomic E-state index is -4.48. The highest BCUT2D eigenvalue weighted by atomic mass is 19.4. The SMILES string of the molecule is CC(C)C(=O)CN1CCn2c(nnc2C(F)(F)F)C1. The number of rotatable bonds is 3. The fourth-order valence-corrected chi connectivity index (χ4v) is 1.96. The van der Waals surface area contributed by atoms with Gasteiger partial charge >= 0.3 is 6.18 Å². The van der Waals surface area contributed by atoms with E-state index in [1.807, 2.05) is 0 Å². The molecular formula is C11H15F3N4O. The van der Waals surface area contributed by atoms with Crippen LogP contribution < -0.4 is 0 Å². The van der Waals surface area contributed by atoms with E-state index < -0.39 is 12.0 Å². The molecule has 0 saturated heterocycles. The average molecular weight is 276 g/mol. The molecule has 1 aromatic rings. The molecule has 0 fully saturated rings. The topological polar surface area (TPSA) is 51.0 Å². The van der Waals surface area contributed by atoms with Crippen LogP contribution in [0.15, 0.2) is 0 Å². The molecule has 1 aliphatic heterocycles. The number of aromatic nitrogens is 3. The predicted octanol–water partition coefficient (Wildman–Crippen LogP) is 1.34. The maximum absolute atomic E-state index is 12.6. The average Bonchev–Trinajstić information content (AvgIpc) is 2.71. The molecule has 2 rings (SSSR count). The van der Waals surface area contributed by atoms with Crippen LogP contribution in [0.25, 0.3) is 0 Å². The molecule has 1 aliphatic rings. The molecule has 0 spiro atoms. The molecule has 0 atom stereocenters. The van der Waals surface area contributed by atoms with Crippen LogP contribution >= 0.6 is 0 Å². The van der Waals surface area contributed by atoms with Crippen LogP contribution in [0.2, 0.25) is 0 Å². The Morgan fingerprint density at radius 3 is 2.58 bits per heavy atom. The smallest absolute Gasteiger partial charge is 0.305 e. The van der Waals surface area contributed by atoms with E-state index >= 15 is 0 Å². The normalized spacial score (nSPS) is 16.7. The summed E-state index contributed by atoms with van der Waals surface area (Å²) >= 11 is 0. The zero-order valence-electron chi connectivity index (χ0n) is 10.7. The first kappa shape index (κ1) is 14.0. The van der Waals surface area contributed by atoms with Crippen molar-refractivity contribution in [3.8, 4) is 0 Å². The maximum Gasteiger partial charge on any atom is 0.451 e. The summed E-state index contributed by atoms with van der Waals surface area (Å²) in [7, 11) is 0. The molecule has 0 bridgehead atoms. The minimum absolute atomic E-state index is 0.0732. The van der Waals surface area contributed by atoms with Gasteiger partial charge in [0.05, 0.1) is 13.1 Å². The zero-order valence-corrected chi connectivity index (χ0v) is 10.7. The van der Waals surface area contributed by atoms with Gasteiger partial charge in [0, 0.05) is 19.0 Å². The van der Waals surface area contributed by atoms with Gasteiger partial charge in [-0.25, -0.2) is 0 Å². The zero-order chi connectivity index (χ0) is 14.2. The van der Waals surface area contributed by atoms with E-state index in [0.717, 1.165) is 4.57 Å². The quantitative estimate of drug-likeness (QED) is 0.836. The van der Waals surface area contributed by atoms with Gasteiger partial charge in [-0.15, -0.1) is 10.2 Å². The van der Waals surface area contributed by atoms with Crippen molar-refractivity contribution in [2.45, 2.75) is 33.1 Å². The molecular weight excluding hydrogens is 261 g/mol. The second-order valence-electron chi connectivity index (χ2n) is 4.92. The third-order valence-corrected chi connectivity index (χ3v) is 3.11. The van der Waals surface area contributed by atoms with Crippen LogP contribution in [0.4, 0.5) is 13.2 Å². The lowest BCUT2D eigenvalue weighted by atomic mass is 10.1. The molecule has 0 N–H and O–H groups in total. The number of carbonyl (C=O) groups excluding carboxylic acids is 1. The van der Waals surface area contributed by atoms with Crippen LogP contribution in [-0.4, -0.2) is 38.5 Å². The van der Waals surface area contributed by atoms with E-state index in [1.54, 1.807) is 18.7 Å². The van der Waals surface area contributed by atoms with Crippen LogP contribution in [0, 0.1) is 5.92 Å². The molecule has 0 saturated carbocycles. The van der Waals surface area contributed by atoms with Crippen LogP contribution in [0.3, 0.4) is 0 Å². The minimum Gasteiger partial charge on any atom is -0.305 e. The highest BCUT2D eigenvalue weighted by molar-refractivity contribution is 5.82. The number of alkyl halides is 3. The van der Waals surface area contributed by atoms with Crippen molar-refractivity contribution in [2.24, 2.45) is 5.92 Å². The summed E-state index contributed by atoms with van der Waals surface area (Å²) in [6.45, 7) is 4.62. The van der Waals surface area contributed by atoms with Gasteiger partial charge in [0.15, 0.2) is 0 Å². The summed E-state index contributed by atoms with van der Waals surface area (Å²) in [4.78, 5) is 13.4. The van der Waals surface area contributed by atoms with Gasteiger partial charge in [-0.3, -0.25) is 9.69 Å². The summed E-state index contributed by atoms with van der Waals surface area (Å²) in [5, 5.41) is 6.76. The summed E-state index contributed by atoms with van der Waals surface area (Å²) in [6.07, 6.45) is -4.48. The number of fused-ring (bicyclic) bond motifs is 1. The number of ketones is 1. The Bertz CT molecular complexity index is 481. The van der Waals surface area contributed by atoms with Crippen LogP contribution in [0.1, 0.15) is 25.5 Å². The van der Waals surface area contributed by atoms with Crippen LogP contribution in [-0.2, 0) is 24.1 Å². The second kappa shape index (κ2) is 4.92. The van der Waals surface area contributed by atoms with Crippen molar-refractivity contribution in [1.82, 2.24) is 19.7 Å². The molecule has 8 heteroatoms. The molecule has 19 heavy (non-hydrogen) atoms. The molecule has 0 aromatic carbocycles. The van der Waals surface area contributed by atoms with E-state index in [-0.39, 0.29) is 37.2 Å². The largest absolute Gasteiger partial charge is 0.451 e. The van der Waals surface area contributed by atoms with E-state index in [4.69, 9.17) is 0 Å². The van der Waals surface area contributed by atoms with Crippen molar-refractivity contribution >= 4 is 5.78 Å². The first-order chi connectivity index (χ1) is 8.79. The third-order valence-electron chi connectivity index (χ3n) is 3.11. The van der Waals surface area contributed by atoms with Gasteiger partial charge in [-0.05, 0) is 0 Å². The first-order valence-electron chi connectivity index (χ1n) is 6.03. The summed E-state index contributed by atoms with van der Waals surface area (Å²) in [5.74, 6) is -0.706. The maximum atomic E-state index is 12.6. The lowest BCUT2D eigenvalue weighted by Crippen LogP contribution is -2.39. The lowest BCUT2D eigenvalue weighted by Gasteiger charge is -2.27. The number of carbonyl (C=O) groups is 1. The van der Waals surface area contributed by atoms with Gasteiger partial charge in [-0.2, -0.15) is 13.2 Å². The van der Waals surface area contributed by atoms with Crippen molar-refractivity contribution in [3.63, 3.8) is 0 Å². The van der Waals surface area contributed by atoms with E-state index in [0.29, 0.717) is 6.54 Å². The van der Waals surface area contributed by atoms with Crippen molar-refractivity contribution < 1.29 is 18.0 Å². The molecule has 1 aromatic heterocycles. The highest BCUT2D eigenvalue weighted by Crippen LogP contribution is 2.29. The summed E-state index contributed by atoms with van der Waals surface area (Å²) < 4.78 is 39.0. The number of nitrogens with zero attached hydrogens (tertiary/aromatic N) is 4. The third kappa shape index (κ3) is 2.94. The second-order valence-corrected chi connectivity index (χ2v) is 4.92. The Morgan fingerprint density at radius 2 is 2.00 bits per heavy atom. The number of hydrogen-bond acceptors (Lipinski definition) is 4. The van der Waals surface area contributed by atoms with Gasteiger partial charge < -0.3 is 4.57 Å². The Hall–Kier alpha value is -1.44. The Labute approximate surface area is 108 Å². The Balaban J connectivity index is 2.10. The summed E-state index contributed by atoms with van der Waals surface area (Å²) in [6, 6.07) is 0. The van der Waals surface area contributed by atoms with Crippen LogP contribution in [0.5, 0.6) is 0 Å². The number of halogens is 3. The van der Waals surface area contributed by atoms with Gasteiger partial charge in [0.2, 0.25) is 5.82 Å². The number of hydrogen-bond donors (Lipinski definition) is 0.